The molecule has 0 heterocycles. The van der Waals surface area contributed by atoms with Crippen LogP contribution in [0, 0.1) is 0 Å². The van der Waals surface area contributed by atoms with Crippen LogP contribution < -0.4 is 10.6 Å². The van der Waals surface area contributed by atoms with E-state index in [1.165, 1.54) is 0 Å². The predicted molar refractivity (Wildman–Crippen MR) is 56.0 cm³/mol. The number of rotatable bonds is 9. The zero-order valence-electron chi connectivity index (χ0n) is 9.23. The van der Waals surface area contributed by atoms with Crippen LogP contribution >= 0.6 is 0 Å². The minimum atomic E-state index is -1.43. The summed E-state index contributed by atoms with van der Waals surface area (Å²) in [6.07, 6.45) is -1.43. The summed E-state index contributed by atoms with van der Waals surface area (Å²) in [5.74, 6) is -1.53. The van der Waals surface area contributed by atoms with Crippen molar-refractivity contribution >= 4 is 11.9 Å². The van der Waals surface area contributed by atoms with Gasteiger partial charge in [-0.25, -0.2) is 4.79 Å². The van der Waals surface area contributed by atoms with Crippen molar-refractivity contribution in [2.45, 2.75) is 12.5 Å². The maximum absolute atomic E-state index is 11.1. The number of methoxy groups -OCH3 is 1. The minimum Gasteiger partial charge on any atom is -0.479 e. The van der Waals surface area contributed by atoms with Crippen molar-refractivity contribution in [1.82, 2.24) is 10.6 Å². The van der Waals surface area contributed by atoms with Gasteiger partial charge in [0.05, 0.1) is 13.2 Å². The van der Waals surface area contributed by atoms with Gasteiger partial charge < -0.3 is 25.6 Å². The molecule has 0 aromatic rings. The van der Waals surface area contributed by atoms with Crippen LogP contribution in [-0.2, 0) is 14.3 Å². The first kappa shape index (κ1) is 14.8. The van der Waals surface area contributed by atoms with Crippen LogP contribution in [0.25, 0.3) is 0 Å². The Morgan fingerprint density at radius 2 is 2.06 bits per heavy atom. The fourth-order valence-corrected chi connectivity index (χ4v) is 0.910. The fraction of sp³-hybridized carbons (Fsp3) is 0.778. The number of carboxylic acid groups (broad SMARTS) is 1. The van der Waals surface area contributed by atoms with Gasteiger partial charge in [0.2, 0.25) is 5.91 Å². The van der Waals surface area contributed by atoms with Gasteiger partial charge in [-0.05, 0) is 0 Å². The van der Waals surface area contributed by atoms with E-state index in [4.69, 9.17) is 14.9 Å². The van der Waals surface area contributed by atoms with Crippen molar-refractivity contribution in [2.24, 2.45) is 0 Å². The normalized spacial score (nSPS) is 12.1. The van der Waals surface area contributed by atoms with Gasteiger partial charge in [0.25, 0.3) is 0 Å². The number of nitrogens with one attached hydrogen (secondary N) is 2. The zero-order valence-corrected chi connectivity index (χ0v) is 9.23. The highest BCUT2D eigenvalue weighted by Gasteiger charge is 2.12. The molecule has 0 aliphatic heterocycles. The molecule has 0 saturated heterocycles. The van der Waals surface area contributed by atoms with Crippen molar-refractivity contribution in [1.29, 1.82) is 0 Å². The third-order valence-corrected chi connectivity index (χ3v) is 1.79. The van der Waals surface area contributed by atoms with E-state index in [0.29, 0.717) is 13.2 Å². The highest BCUT2D eigenvalue weighted by atomic mass is 16.5. The molecule has 0 aromatic heterocycles. The lowest BCUT2D eigenvalue weighted by Gasteiger charge is -2.07. The number of carbonyl (C=O) groups is 2. The van der Waals surface area contributed by atoms with Crippen LogP contribution in [0.1, 0.15) is 6.42 Å². The second-order valence-electron chi connectivity index (χ2n) is 3.16. The third kappa shape index (κ3) is 8.16. The van der Waals surface area contributed by atoms with Gasteiger partial charge in [0.1, 0.15) is 0 Å². The summed E-state index contributed by atoms with van der Waals surface area (Å²) in [6, 6.07) is 0. The molecule has 0 aliphatic rings. The summed E-state index contributed by atoms with van der Waals surface area (Å²) in [4.78, 5) is 21.3. The molecule has 16 heavy (non-hydrogen) atoms. The maximum Gasteiger partial charge on any atom is 0.332 e. The summed E-state index contributed by atoms with van der Waals surface area (Å²) in [7, 11) is 1.56. The Morgan fingerprint density at radius 3 is 2.62 bits per heavy atom. The van der Waals surface area contributed by atoms with E-state index in [2.05, 4.69) is 10.6 Å². The molecule has 7 heteroatoms. The lowest BCUT2D eigenvalue weighted by Crippen LogP contribution is -2.37. The summed E-state index contributed by atoms with van der Waals surface area (Å²) in [5, 5.41) is 22.6. The third-order valence-electron chi connectivity index (χ3n) is 1.79. The van der Waals surface area contributed by atoms with E-state index in [1.54, 1.807) is 7.11 Å². The Kier molecular flexibility index (Phi) is 8.41. The second kappa shape index (κ2) is 9.08. The summed E-state index contributed by atoms with van der Waals surface area (Å²) in [5.41, 5.74) is 0. The number of carboxylic acids is 1. The summed E-state index contributed by atoms with van der Waals surface area (Å²) >= 11 is 0. The fourth-order valence-electron chi connectivity index (χ4n) is 0.910. The van der Waals surface area contributed by atoms with E-state index < -0.39 is 12.1 Å². The first-order valence-electron chi connectivity index (χ1n) is 4.95. The van der Waals surface area contributed by atoms with Gasteiger partial charge in [-0.2, -0.15) is 0 Å². The maximum atomic E-state index is 11.1. The molecule has 0 aromatic carbocycles. The average molecular weight is 234 g/mol. The van der Waals surface area contributed by atoms with Crippen LogP contribution in [0.4, 0.5) is 0 Å². The monoisotopic (exact) mass is 234 g/mol. The van der Waals surface area contributed by atoms with E-state index in [0.717, 1.165) is 0 Å². The van der Waals surface area contributed by atoms with Crippen LogP contribution in [0.2, 0.25) is 0 Å². The number of carbonyl (C=O) groups excluding carboxylic acids is 1. The Bertz CT molecular complexity index is 222. The average Bonchev–Trinajstić information content (AvgIpc) is 2.24. The Balaban J connectivity index is 3.40. The quantitative estimate of drug-likeness (QED) is 0.350. The molecule has 4 N–H and O–H groups in total. The smallest absolute Gasteiger partial charge is 0.332 e. The molecule has 0 spiro atoms. The predicted octanol–water partition coefficient (Wildman–Crippen LogP) is -1.83. The van der Waals surface area contributed by atoms with E-state index >= 15 is 0 Å². The molecule has 1 amide bonds. The molecule has 7 nitrogen and oxygen atoms in total. The highest BCUT2D eigenvalue weighted by Crippen LogP contribution is 1.88. The van der Waals surface area contributed by atoms with Gasteiger partial charge in [0, 0.05) is 26.6 Å². The topological polar surface area (TPSA) is 108 Å². The SMILES string of the molecule is COCCNCC(=O)NCC[C@H](O)C(=O)O. The molecule has 0 rings (SSSR count). The second-order valence-corrected chi connectivity index (χ2v) is 3.16. The molecule has 0 fully saturated rings. The summed E-state index contributed by atoms with van der Waals surface area (Å²) < 4.78 is 4.77. The number of amides is 1. The van der Waals surface area contributed by atoms with Gasteiger partial charge >= 0.3 is 5.97 Å². The molecule has 0 radical (unpaired) electrons. The van der Waals surface area contributed by atoms with Crippen molar-refractivity contribution in [3.8, 4) is 0 Å². The first-order valence-corrected chi connectivity index (χ1v) is 4.95. The highest BCUT2D eigenvalue weighted by molar-refractivity contribution is 5.78. The zero-order chi connectivity index (χ0) is 12.4. The van der Waals surface area contributed by atoms with Crippen LogP contribution in [0.5, 0.6) is 0 Å². The van der Waals surface area contributed by atoms with Crippen LogP contribution in [0.15, 0.2) is 0 Å². The number of aliphatic carboxylic acids is 1. The lowest BCUT2D eigenvalue weighted by atomic mass is 10.2. The first-order chi connectivity index (χ1) is 7.57. The molecule has 0 bridgehead atoms. The lowest BCUT2D eigenvalue weighted by molar-refractivity contribution is -0.147. The van der Waals surface area contributed by atoms with E-state index in [9.17, 15) is 9.59 Å². The number of aliphatic hydroxyl groups is 1. The number of ether oxygens (including phenoxy) is 1. The number of hydrogen-bond donors (Lipinski definition) is 4. The molecular formula is C9H18N2O5. The largest absolute Gasteiger partial charge is 0.479 e. The Hall–Kier alpha value is -1.18. The molecule has 0 unspecified atom stereocenters. The van der Waals surface area contributed by atoms with Gasteiger partial charge in [-0.15, -0.1) is 0 Å². The molecule has 0 aliphatic carbocycles. The van der Waals surface area contributed by atoms with E-state index in [-0.39, 0.29) is 25.4 Å². The molecule has 0 saturated carbocycles. The molecule has 94 valence electrons. The van der Waals surface area contributed by atoms with Crippen molar-refractivity contribution in [2.75, 3.05) is 33.4 Å². The Labute approximate surface area is 93.8 Å². The molecular weight excluding hydrogens is 216 g/mol. The Morgan fingerprint density at radius 1 is 1.38 bits per heavy atom. The van der Waals surface area contributed by atoms with Crippen molar-refractivity contribution in [3.05, 3.63) is 0 Å². The number of hydrogen-bond acceptors (Lipinski definition) is 5. The van der Waals surface area contributed by atoms with Crippen LogP contribution in [0.3, 0.4) is 0 Å². The van der Waals surface area contributed by atoms with Crippen molar-refractivity contribution in [3.63, 3.8) is 0 Å². The summed E-state index contributed by atoms with van der Waals surface area (Å²) in [6.45, 7) is 1.37. The minimum absolute atomic E-state index is 0.000849. The van der Waals surface area contributed by atoms with Gasteiger partial charge in [-0.3, -0.25) is 4.79 Å². The van der Waals surface area contributed by atoms with E-state index in [1.807, 2.05) is 0 Å². The van der Waals surface area contributed by atoms with Gasteiger partial charge in [0.15, 0.2) is 6.10 Å². The standard InChI is InChI=1S/C9H18N2O5/c1-16-5-4-10-6-8(13)11-3-2-7(12)9(14)15/h7,10,12H,2-6H2,1H3,(H,11,13)(H,14,15)/t7-/m0/s1. The van der Waals surface area contributed by atoms with Crippen molar-refractivity contribution < 1.29 is 24.5 Å². The number of aliphatic hydroxyl groups excluding tert-OH is 1. The van der Waals surface area contributed by atoms with Gasteiger partial charge in [-0.1, -0.05) is 0 Å². The molecule has 1 atom stereocenters. The van der Waals surface area contributed by atoms with Crippen LogP contribution in [-0.4, -0.2) is 61.5 Å².